The minimum Gasteiger partial charge on any atom is -0.396 e. The molecule has 1 heterocycles. The minimum atomic E-state index is -0.178. The molecule has 0 aliphatic carbocycles. The molecule has 4 nitrogen and oxygen atoms in total. The zero-order chi connectivity index (χ0) is 16.9. The van der Waals surface area contributed by atoms with E-state index in [1.807, 2.05) is 54.6 Å². The average molecular weight is 320 g/mol. The summed E-state index contributed by atoms with van der Waals surface area (Å²) in [5, 5.41) is 11.2. The van der Waals surface area contributed by atoms with E-state index in [0.717, 1.165) is 16.3 Å². The number of aromatic nitrogens is 1. The summed E-state index contributed by atoms with van der Waals surface area (Å²) in [5.41, 5.74) is 1.59. The van der Waals surface area contributed by atoms with E-state index in [2.05, 4.69) is 4.98 Å². The van der Waals surface area contributed by atoms with Gasteiger partial charge in [-0.15, -0.1) is 0 Å². The number of nitrogens with zero attached hydrogens (tertiary/aromatic N) is 2. The van der Waals surface area contributed by atoms with Crippen LogP contribution in [0.5, 0.6) is 0 Å². The third-order valence-corrected chi connectivity index (χ3v) is 4.27. The van der Waals surface area contributed by atoms with Crippen LogP contribution in [0.4, 0.5) is 0 Å². The Labute approximate surface area is 141 Å². The van der Waals surface area contributed by atoms with Gasteiger partial charge in [-0.25, -0.2) is 0 Å². The van der Waals surface area contributed by atoms with E-state index in [1.165, 1.54) is 0 Å². The summed E-state index contributed by atoms with van der Waals surface area (Å²) in [6, 6.07) is 17.3. The van der Waals surface area contributed by atoms with Crippen molar-refractivity contribution in [3.05, 3.63) is 78.1 Å². The van der Waals surface area contributed by atoms with Gasteiger partial charge in [-0.1, -0.05) is 54.6 Å². The van der Waals surface area contributed by atoms with Crippen LogP contribution < -0.4 is 0 Å². The summed E-state index contributed by atoms with van der Waals surface area (Å²) >= 11 is 0. The number of rotatable bonds is 5. The van der Waals surface area contributed by atoms with Gasteiger partial charge in [0.2, 0.25) is 0 Å². The van der Waals surface area contributed by atoms with Gasteiger partial charge in [0.15, 0.2) is 0 Å². The number of pyridine rings is 1. The first kappa shape index (κ1) is 16.1. The number of carbonyl (C=O) groups is 1. The molecule has 3 rings (SSSR count). The molecule has 0 spiro atoms. The fraction of sp³-hybridized carbons (Fsp3) is 0.200. The van der Waals surface area contributed by atoms with Crippen molar-refractivity contribution < 1.29 is 9.90 Å². The molecule has 0 fully saturated rings. The highest BCUT2D eigenvalue weighted by Gasteiger charge is 2.23. The van der Waals surface area contributed by atoms with Crippen LogP contribution in [0.25, 0.3) is 10.8 Å². The van der Waals surface area contributed by atoms with Crippen LogP contribution in [0.3, 0.4) is 0 Å². The molecule has 2 aromatic carbocycles. The summed E-state index contributed by atoms with van der Waals surface area (Å²) in [6.45, 7) is 0.0188. The summed E-state index contributed by atoms with van der Waals surface area (Å²) < 4.78 is 0. The molecule has 1 atom stereocenters. The molecule has 122 valence electrons. The van der Waals surface area contributed by atoms with Gasteiger partial charge in [-0.3, -0.25) is 9.78 Å². The van der Waals surface area contributed by atoms with Gasteiger partial charge in [0, 0.05) is 31.4 Å². The van der Waals surface area contributed by atoms with Crippen molar-refractivity contribution in [2.24, 2.45) is 0 Å². The molecular formula is C20H20N2O2. The van der Waals surface area contributed by atoms with Crippen LogP contribution in [0.1, 0.15) is 28.4 Å². The zero-order valence-corrected chi connectivity index (χ0v) is 13.6. The number of hydrogen-bond acceptors (Lipinski definition) is 3. The maximum atomic E-state index is 13.1. The molecule has 3 aromatic rings. The monoisotopic (exact) mass is 320 g/mol. The van der Waals surface area contributed by atoms with Crippen molar-refractivity contribution in [3.8, 4) is 0 Å². The number of carbonyl (C=O) groups excluding carboxylic acids is 1. The number of aliphatic hydroxyl groups is 1. The minimum absolute atomic E-state index is 0.0188. The Morgan fingerprint density at radius 1 is 1.08 bits per heavy atom. The summed E-state index contributed by atoms with van der Waals surface area (Å²) in [6.07, 6.45) is 3.86. The van der Waals surface area contributed by atoms with E-state index in [9.17, 15) is 9.90 Å². The fourth-order valence-electron chi connectivity index (χ4n) is 3.00. The first-order chi connectivity index (χ1) is 11.7. The average Bonchev–Trinajstić information content (AvgIpc) is 2.65. The Bertz CT molecular complexity index is 828. The van der Waals surface area contributed by atoms with Crippen LogP contribution in [0, 0.1) is 0 Å². The van der Waals surface area contributed by atoms with E-state index in [1.54, 1.807) is 24.3 Å². The Kier molecular flexibility index (Phi) is 4.87. The van der Waals surface area contributed by atoms with Crippen LogP contribution in [0.15, 0.2) is 67.0 Å². The van der Waals surface area contributed by atoms with Gasteiger partial charge in [-0.2, -0.15) is 0 Å². The molecule has 1 N–H and O–H groups in total. The number of aliphatic hydroxyl groups excluding tert-OH is 1. The van der Waals surface area contributed by atoms with E-state index < -0.39 is 0 Å². The van der Waals surface area contributed by atoms with Gasteiger partial charge in [-0.05, 0) is 17.4 Å². The van der Waals surface area contributed by atoms with Crippen LogP contribution in [-0.4, -0.2) is 34.6 Å². The maximum Gasteiger partial charge on any atom is 0.256 e. The van der Waals surface area contributed by atoms with Crippen LogP contribution >= 0.6 is 0 Å². The van der Waals surface area contributed by atoms with Gasteiger partial charge >= 0.3 is 0 Å². The van der Waals surface area contributed by atoms with E-state index in [0.29, 0.717) is 12.0 Å². The van der Waals surface area contributed by atoms with Crippen LogP contribution in [0.2, 0.25) is 0 Å². The Morgan fingerprint density at radius 2 is 1.79 bits per heavy atom. The first-order valence-electron chi connectivity index (χ1n) is 7.98. The second-order valence-corrected chi connectivity index (χ2v) is 5.76. The summed E-state index contributed by atoms with van der Waals surface area (Å²) in [7, 11) is 1.78. The second-order valence-electron chi connectivity index (χ2n) is 5.76. The van der Waals surface area contributed by atoms with Gasteiger partial charge in [0.05, 0.1) is 11.6 Å². The third kappa shape index (κ3) is 3.14. The lowest BCUT2D eigenvalue weighted by atomic mass is 10.0. The van der Waals surface area contributed by atoms with Gasteiger partial charge < -0.3 is 10.0 Å². The number of benzene rings is 2. The number of fused-ring (bicyclic) bond motifs is 1. The number of hydrogen-bond donors (Lipinski definition) is 1. The number of amides is 1. The van der Waals surface area contributed by atoms with Crippen molar-refractivity contribution >= 4 is 16.7 Å². The Morgan fingerprint density at radius 3 is 2.54 bits per heavy atom. The first-order valence-corrected chi connectivity index (χ1v) is 7.98. The molecule has 4 heteroatoms. The van der Waals surface area contributed by atoms with Crippen molar-refractivity contribution in [1.82, 2.24) is 9.88 Å². The predicted octanol–water partition coefficient (Wildman–Crippen LogP) is 3.43. The highest BCUT2D eigenvalue weighted by atomic mass is 16.3. The second kappa shape index (κ2) is 7.23. The molecule has 0 saturated heterocycles. The molecular weight excluding hydrogens is 300 g/mol. The molecule has 0 aliphatic rings. The lowest BCUT2D eigenvalue weighted by Gasteiger charge is -2.28. The van der Waals surface area contributed by atoms with Crippen molar-refractivity contribution in [2.45, 2.75) is 12.5 Å². The van der Waals surface area contributed by atoms with Crippen LogP contribution in [-0.2, 0) is 0 Å². The highest BCUT2D eigenvalue weighted by molar-refractivity contribution is 6.06. The Hall–Kier alpha value is -2.72. The highest BCUT2D eigenvalue weighted by Crippen LogP contribution is 2.26. The van der Waals surface area contributed by atoms with Crippen molar-refractivity contribution in [3.63, 3.8) is 0 Å². The standard InChI is InChI=1S/C20H20N2O2/c1-22(19(11-12-23)15-7-3-2-4-8-15)20(24)18-14-21-13-16-9-5-6-10-17(16)18/h2-10,13-14,19,23H,11-12H2,1H3. The molecule has 1 unspecified atom stereocenters. The van der Waals surface area contributed by atoms with Crippen molar-refractivity contribution in [1.29, 1.82) is 0 Å². The van der Waals surface area contributed by atoms with E-state index >= 15 is 0 Å². The topological polar surface area (TPSA) is 53.4 Å². The largest absolute Gasteiger partial charge is 0.396 e. The maximum absolute atomic E-state index is 13.1. The molecule has 1 aromatic heterocycles. The van der Waals surface area contributed by atoms with E-state index in [-0.39, 0.29) is 18.6 Å². The zero-order valence-electron chi connectivity index (χ0n) is 13.6. The molecule has 0 saturated carbocycles. The lowest BCUT2D eigenvalue weighted by molar-refractivity contribution is 0.0707. The predicted molar refractivity (Wildman–Crippen MR) is 94.7 cm³/mol. The van der Waals surface area contributed by atoms with Gasteiger partial charge in [0.25, 0.3) is 5.91 Å². The molecule has 0 aliphatic heterocycles. The quantitative estimate of drug-likeness (QED) is 0.783. The summed E-state index contributed by atoms with van der Waals surface area (Å²) in [5.74, 6) is -0.0957. The normalized spacial score (nSPS) is 12.1. The van der Waals surface area contributed by atoms with Gasteiger partial charge in [0.1, 0.15) is 0 Å². The molecule has 1 amide bonds. The molecule has 24 heavy (non-hydrogen) atoms. The fourth-order valence-corrected chi connectivity index (χ4v) is 3.00. The lowest BCUT2D eigenvalue weighted by Crippen LogP contribution is -2.32. The Balaban J connectivity index is 1.97. The summed E-state index contributed by atoms with van der Waals surface area (Å²) in [4.78, 5) is 18.9. The van der Waals surface area contributed by atoms with E-state index in [4.69, 9.17) is 0 Å². The third-order valence-electron chi connectivity index (χ3n) is 4.27. The SMILES string of the molecule is CN(C(=O)c1cncc2ccccc12)C(CCO)c1ccccc1. The smallest absolute Gasteiger partial charge is 0.256 e. The molecule has 0 bridgehead atoms. The van der Waals surface area contributed by atoms with Crippen molar-refractivity contribution in [2.75, 3.05) is 13.7 Å². The molecule has 0 radical (unpaired) electrons.